The van der Waals surface area contributed by atoms with Crippen LogP contribution in [0, 0.1) is 0 Å². The molecule has 3 heterocycles. The Hall–Kier alpha value is -2.68. The summed E-state index contributed by atoms with van der Waals surface area (Å²) in [4.78, 5) is 21.9. The van der Waals surface area contributed by atoms with E-state index >= 15 is 0 Å². The fourth-order valence-electron chi connectivity index (χ4n) is 2.64. The fourth-order valence-corrected chi connectivity index (χ4v) is 3.35. The fraction of sp³-hybridized carbons (Fsp3) is 0.235. The van der Waals surface area contributed by atoms with Gasteiger partial charge >= 0.3 is 6.18 Å². The van der Waals surface area contributed by atoms with Crippen LogP contribution >= 0.6 is 11.3 Å². The summed E-state index contributed by atoms with van der Waals surface area (Å²) in [5.41, 5.74) is 2.33. The summed E-state index contributed by atoms with van der Waals surface area (Å²) in [6, 6.07) is 7.45. The Kier molecular flexibility index (Phi) is 4.03. The Morgan fingerprint density at radius 2 is 2.00 bits per heavy atom. The van der Waals surface area contributed by atoms with Crippen LogP contribution < -0.4 is 4.74 Å². The minimum atomic E-state index is -4.43. The number of thiazole rings is 1. The van der Waals surface area contributed by atoms with E-state index in [4.69, 9.17) is 4.74 Å². The summed E-state index contributed by atoms with van der Waals surface area (Å²) in [7, 11) is 0. The van der Waals surface area contributed by atoms with E-state index in [1.165, 1.54) is 17.4 Å². The highest BCUT2D eigenvalue weighted by molar-refractivity contribution is 7.16. The SMILES string of the molecule is O=C(c1ccc2ncsc2c1)N1CC(Oc2ccc(C(F)(F)F)cn2)C1. The molecule has 0 aliphatic carbocycles. The van der Waals surface area contributed by atoms with Crippen molar-refractivity contribution in [2.45, 2.75) is 12.3 Å². The minimum Gasteiger partial charge on any atom is -0.471 e. The first-order chi connectivity index (χ1) is 12.4. The number of likely N-dealkylation sites (tertiary alicyclic amines) is 1. The van der Waals surface area contributed by atoms with Crippen LogP contribution in [0.1, 0.15) is 15.9 Å². The molecule has 0 saturated carbocycles. The Morgan fingerprint density at radius 3 is 2.69 bits per heavy atom. The maximum atomic E-state index is 12.5. The van der Waals surface area contributed by atoms with Gasteiger partial charge in [0.15, 0.2) is 0 Å². The highest BCUT2D eigenvalue weighted by Crippen LogP contribution is 2.29. The second kappa shape index (κ2) is 6.24. The second-order valence-electron chi connectivity index (χ2n) is 5.87. The molecular weight excluding hydrogens is 367 g/mol. The van der Waals surface area contributed by atoms with Crippen LogP contribution in [0.25, 0.3) is 10.2 Å². The van der Waals surface area contributed by atoms with Crippen LogP contribution in [-0.4, -0.2) is 40.0 Å². The number of carbonyl (C=O) groups is 1. The third-order valence-electron chi connectivity index (χ3n) is 4.06. The largest absolute Gasteiger partial charge is 0.471 e. The topological polar surface area (TPSA) is 55.3 Å². The van der Waals surface area contributed by atoms with Gasteiger partial charge in [0.05, 0.1) is 34.4 Å². The number of alkyl halides is 3. The molecule has 2 aromatic heterocycles. The van der Waals surface area contributed by atoms with E-state index in [2.05, 4.69) is 9.97 Å². The Bertz CT molecular complexity index is 950. The molecule has 0 bridgehead atoms. The number of ether oxygens (including phenoxy) is 1. The van der Waals surface area contributed by atoms with Gasteiger partial charge in [-0.2, -0.15) is 13.2 Å². The number of hydrogen-bond donors (Lipinski definition) is 0. The molecule has 134 valence electrons. The zero-order valence-electron chi connectivity index (χ0n) is 13.2. The molecule has 26 heavy (non-hydrogen) atoms. The van der Waals surface area contributed by atoms with Crippen molar-refractivity contribution in [2.24, 2.45) is 0 Å². The van der Waals surface area contributed by atoms with Crippen molar-refractivity contribution in [3.05, 3.63) is 53.2 Å². The van der Waals surface area contributed by atoms with E-state index in [-0.39, 0.29) is 17.9 Å². The van der Waals surface area contributed by atoms with Crippen molar-refractivity contribution >= 4 is 27.5 Å². The molecule has 4 rings (SSSR count). The third-order valence-corrected chi connectivity index (χ3v) is 4.86. The summed E-state index contributed by atoms with van der Waals surface area (Å²) in [5.74, 6) is 0.00158. The molecule has 0 spiro atoms. The zero-order valence-corrected chi connectivity index (χ0v) is 14.0. The molecule has 0 unspecified atom stereocenters. The van der Waals surface area contributed by atoms with Gasteiger partial charge < -0.3 is 9.64 Å². The summed E-state index contributed by atoms with van der Waals surface area (Å²) < 4.78 is 44.0. The van der Waals surface area contributed by atoms with Crippen LogP contribution in [-0.2, 0) is 6.18 Å². The third kappa shape index (κ3) is 3.22. The number of benzene rings is 1. The molecule has 3 aromatic rings. The average molecular weight is 379 g/mol. The zero-order chi connectivity index (χ0) is 18.3. The second-order valence-corrected chi connectivity index (χ2v) is 6.75. The van der Waals surface area contributed by atoms with Gasteiger partial charge in [0.25, 0.3) is 5.91 Å². The van der Waals surface area contributed by atoms with E-state index in [1.807, 2.05) is 0 Å². The molecule has 0 N–H and O–H groups in total. The normalized spacial score (nSPS) is 15.1. The van der Waals surface area contributed by atoms with Gasteiger partial charge in [0.2, 0.25) is 5.88 Å². The standard InChI is InChI=1S/C17H12F3N3O2S/c18-17(19,20)11-2-4-15(21-6-11)25-12-7-23(8-12)16(24)10-1-3-13-14(5-10)26-9-22-13/h1-6,9,12H,7-8H2. The summed E-state index contributed by atoms with van der Waals surface area (Å²) in [6.45, 7) is 0.727. The molecule has 1 fully saturated rings. The Balaban J connectivity index is 1.35. The van der Waals surface area contributed by atoms with Crippen molar-refractivity contribution in [3.63, 3.8) is 0 Å². The number of fused-ring (bicyclic) bond motifs is 1. The molecule has 1 saturated heterocycles. The number of halogens is 3. The lowest BCUT2D eigenvalue weighted by atomic mass is 10.1. The molecule has 0 atom stereocenters. The van der Waals surface area contributed by atoms with Gasteiger partial charge in [-0.15, -0.1) is 11.3 Å². The predicted molar refractivity (Wildman–Crippen MR) is 89.2 cm³/mol. The van der Waals surface area contributed by atoms with E-state index in [1.54, 1.807) is 28.6 Å². The Morgan fingerprint density at radius 1 is 1.19 bits per heavy atom. The monoisotopic (exact) mass is 379 g/mol. The lowest BCUT2D eigenvalue weighted by Gasteiger charge is -2.38. The van der Waals surface area contributed by atoms with Gasteiger partial charge in [-0.25, -0.2) is 9.97 Å². The molecule has 9 heteroatoms. The smallest absolute Gasteiger partial charge is 0.417 e. The van der Waals surface area contributed by atoms with Crippen LogP contribution in [0.4, 0.5) is 13.2 Å². The first-order valence-electron chi connectivity index (χ1n) is 7.72. The van der Waals surface area contributed by atoms with Crippen molar-refractivity contribution in [1.82, 2.24) is 14.9 Å². The van der Waals surface area contributed by atoms with Gasteiger partial charge in [-0.1, -0.05) is 0 Å². The number of nitrogens with zero attached hydrogens (tertiary/aromatic N) is 3. The number of amides is 1. The maximum Gasteiger partial charge on any atom is 0.417 e. The molecule has 1 aromatic carbocycles. The van der Waals surface area contributed by atoms with Gasteiger partial charge in [0, 0.05) is 17.8 Å². The van der Waals surface area contributed by atoms with Crippen LogP contribution in [0.2, 0.25) is 0 Å². The van der Waals surface area contributed by atoms with Crippen LogP contribution in [0.3, 0.4) is 0 Å². The van der Waals surface area contributed by atoms with E-state index in [9.17, 15) is 18.0 Å². The average Bonchev–Trinajstić information content (AvgIpc) is 3.04. The lowest BCUT2D eigenvalue weighted by Crippen LogP contribution is -2.56. The van der Waals surface area contributed by atoms with Crippen LogP contribution in [0.15, 0.2) is 42.0 Å². The van der Waals surface area contributed by atoms with Gasteiger partial charge in [-0.05, 0) is 24.3 Å². The van der Waals surface area contributed by atoms with Crippen molar-refractivity contribution in [3.8, 4) is 5.88 Å². The number of pyridine rings is 1. The molecule has 1 aliphatic rings. The first kappa shape index (κ1) is 16.8. The van der Waals surface area contributed by atoms with E-state index in [0.717, 1.165) is 22.5 Å². The molecule has 1 aliphatic heterocycles. The number of rotatable bonds is 3. The summed E-state index contributed by atoms with van der Waals surface area (Å²) in [5, 5.41) is 0. The first-order valence-corrected chi connectivity index (χ1v) is 8.60. The number of aromatic nitrogens is 2. The lowest BCUT2D eigenvalue weighted by molar-refractivity contribution is -0.137. The maximum absolute atomic E-state index is 12.5. The van der Waals surface area contributed by atoms with Crippen molar-refractivity contribution in [2.75, 3.05) is 13.1 Å². The number of hydrogen-bond acceptors (Lipinski definition) is 5. The van der Waals surface area contributed by atoms with E-state index in [0.29, 0.717) is 18.7 Å². The minimum absolute atomic E-state index is 0.111. The van der Waals surface area contributed by atoms with E-state index < -0.39 is 11.7 Å². The van der Waals surface area contributed by atoms with Gasteiger partial charge in [-0.3, -0.25) is 4.79 Å². The highest BCUT2D eigenvalue weighted by Gasteiger charge is 2.34. The van der Waals surface area contributed by atoms with Crippen molar-refractivity contribution < 1.29 is 22.7 Å². The van der Waals surface area contributed by atoms with Gasteiger partial charge in [0.1, 0.15) is 6.10 Å². The van der Waals surface area contributed by atoms with Crippen molar-refractivity contribution in [1.29, 1.82) is 0 Å². The molecule has 1 amide bonds. The molecule has 0 radical (unpaired) electrons. The summed E-state index contributed by atoms with van der Waals surface area (Å²) >= 11 is 1.47. The molecular formula is C17H12F3N3O2S. The highest BCUT2D eigenvalue weighted by atomic mass is 32.1. The summed E-state index contributed by atoms with van der Waals surface area (Å²) in [6.07, 6.45) is -3.97. The van der Waals surface area contributed by atoms with Crippen LogP contribution in [0.5, 0.6) is 5.88 Å². The molecule has 5 nitrogen and oxygen atoms in total. The predicted octanol–water partition coefficient (Wildman–Crippen LogP) is 3.61. The Labute approximate surface area is 150 Å². The quantitative estimate of drug-likeness (QED) is 0.698. The number of carbonyl (C=O) groups excluding carboxylic acids is 1.